The number of β-amino-alcohol motifs (C(OH)–C–C–N with tert-alkyl or cyclic N) is 1. The third-order valence-electron chi connectivity index (χ3n) is 4.11. The van der Waals surface area contributed by atoms with Gasteiger partial charge >= 0.3 is 0 Å². The minimum Gasteiger partial charge on any atom is -0.387 e. The van der Waals surface area contributed by atoms with Gasteiger partial charge in [-0.05, 0) is 43.5 Å². The Bertz CT molecular complexity index is 493. The molecule has 1 saturated heterocycles. The van der Waals surface area contributed by atoms with E-state index in [9.17, 15) is 9.90 Å². The van der Waals surface area contributed by atoms with Crippen LogP contribution in [0.1, 0.15) is 23.1 Å². The van der Waals surface area contributed by atoms with Gasteiger partial charge in [0.2, 0.25) is 5.91 Å². The third kappa shape index (κ3) is 3.58. The summed E-state index contributed by atoms with van der Waals surface area (Å²) >= 11 is 0. The topological polar surface area (TPSA) is 52.6 Å². The molecule has 0 bridgehead atoms. The van der Waals surface area contributed by atoms with E-state index in [0.717, 1.165) is 12.1 Å². The molecule has 0 spiro atoms. The molecule has 1 fully saturated rings. The summed E-state index contributed by atoms with van der Waals surface area (Å²) in [5.41, 5.74) is 2.70. The quantitative estimate of drug-likeness (QED) is 0.863. The van der Waals surface area contributed by atoms with Crippen molar-refractivity contribution in [3.05, 3.63) is 34.9 Å². The number of hydrogen-bond acceptors (Lipinski definition) is 3. The van der Waals surface area contributed by atoms with Gasteiger partial charge < -0.3 is 15.3 Å². The summed E-state index contributed by atoms with van der Waals surface area (Å²) in [5, 5.41) is 13.4. The number of carbonyl (C=O) groups is 1. The summed E-state index contributed by atoms with van der Waals surface area (Å²) in [6.45, 7) is 5.89. The molecule has 0 radical (unpaired) electrons. The number of nitrogens with zero attached hydrogens (tertiary/aromatic N) is 1. The molecule has 0 aliphatic carbocycles. The largest absolute Gasteiger partial charge is 0.387 e. The predicted octanol–water partition coefficient (Wildman–Crippen LogP) is 1.03. The SMILES string of the molecule is Cc1ccc(CC(=O)N(C)CC2(O)CCNC2)cc1C. The monoisotopic (exact) mass is 276 g/mol. The fourth-order valence-corrected chi connectivity index (χ4v) is 2.62. The summed E-state index contributed by atoms with van der Waals surface area (Å²) < 4.78 is 0. The van der Waals surface area contributed by atoms with Gasteiger partial charge in [0.05, 0.1) is 18.6 Å². The van der Waals surface area contributed by atoms with Gasteiger partial charge in [0.15, 0.2) is 0 Å². The van der Waals surface area contributed by atoms with Crippen molar-refractivity contribution in [2.24, 2.45) is 0 Å². The number of carbonyl (C=O) groups excluding carboxylic acids is 1. The zero-order valence-corrected chi connectivity index (χ0v) is 12.6. The smallest absolute Gasteiger partial charge is 0.226 e. The lowest BCUT2D eigenvalue weighted by Crippen LogP contribution is -2.45. The Morgan fingerprint density at radius 1 is 1.40 bits per heavy atom. The van der Waals surface area contributed by atoms with Gasteiger partial charge in [-0.1, -0.05) is 18.2 Å². The first-order chi connectivity index (χ1) is 9.39. The maximum atomic E-state index is 12.2. The maximum Gasteiger partial charge on any atom is 0.226 e. The second-order valence-electron chi connectivity index (χ2n) is 6.00. The summed E-state index contributed by atoms with van der Waals surface area (Å²) in [4.78, 5) is 13.9. The lowest BCUT2D eigenvalue weighted by molar-refractivity contribution is -0.132. The molecule has 0 saturated carbocycles. The van der Waals surface area contributed by atoms with Crippen molar-refractivity contribution in [3.63, 3.8) is 0 Å². The van der Waals surface area contributed by atoms with Crippen LogP contribution < -0.4 is 5.32 Å². The normalized spacial score (nSPS) is 22.0. The Morgan fingerprint density at radius 2 is 2.15 bits per heavy atom. The van der Waals surface area contributed by atoms with E-state index in [-0.39, 0.29) is 5.91 Å². The van der Waals surface area contributed by atoms with Crippen LogP contribution in [-0.2, 0) is 11.2 Å². The molecule has 20 heavy (non-hydrogen) atoms. The van der Waals surface area contributed by atoms with Crippen LogP contribution in [0.3, 0.4) is 0 Å². The van der Waals surface area contributed by atoms with Crippen LogP contribution in [0.15, 0.2) is 18.2 Å². The molecule has 1 amide bonds. The van der Waals surface area contributed by atoms with Gasteiger partial charge in [-0.15, -0.1) is 0 Å². The number of benzene rings is 1. The van der Waals surface area contributed by atoms with E-state index < -0.39 is 5.60 Å². The highest BCUT2D eigenvalue weighted by Crippen LogP contribution is 2.16. The molecule has 110 valence electrons. The number of rotatable bonds is 4. The molecule has 4 heteroatoms. The fraction of sp³-hybridized carbons (Fsp3) is 0.562. The Labute approximate surface area is 120 Å². The van der Waals surface area contributed by atoms with Crippen LogP contribution >= 0.6 is 0 Å². The van der Waals surface area contributed by atoms with Crippen LogP contribution in [0.4, 0.5) is 0 Å². The highest BCUT2D eigenvalue weighted by molar-refractivity contribution is 5.78. The maximum absolute atomic E-state index is 12.2. The predicted molar refractivity (Wildman–Crippen MR) is 79.7 cm³/mol. The van der Waals surface area contributed by atoms with Crippen molar-refractivity contribution in [1.82, 2.24) is 10.2 Å². The molecular formula is C16H24N2O2. The van der Waals surface area contributed by atoms with Gasteiger partial charge in [-0.2, -0.15) is 0 Å². The Morgan fingerprint density at radius 3 is 2.75 bits per heavy atom. The van der Waals surface area contributed by atoms with Gasteiger partial charge in [0.1, 0.15) is 0 Å². The second-order valence-corrected chi connectivity index (χ2v) is 6.00. The summed E-state index contributed by atoms with van der Waals surface area (Å²) in [5.74, 6) is 0.0496. The minimum atomic E-state index is -0.770. The molecule has 1 aromatic carbocycles. The number of aliphatic hydroxyl groups is 1. The zero-order valence-electron chi connectivity index (χ0n) is 12.6. The lowest BCUT2D eigenvalue weighted by atomic mass is 10.0. The standard InChI is InChI=1S/C16H24N2O2/c1-12-4-5-14(8-13(12)2)9-15(19)18(3)11-16(20)6-7-17-10-16/h4-5,8,17,20H,6-7,9-11H2,1-3H3. The van der Waals surface area contributed by atoms with Crippen molar-refractivity contribution in [2.75, 3.05) is 26.7 Å². The van der Waals surface area contributed by atoms with Crippen molar-refractivity contribution in [3.8, 4) is 0 Å². The number of amides is 1. The first kappa shape index (κ1) is 15.0. The fourth-order valence-electron chi connectivity index (χ4n) is 2.62. The number of nitrogens with one attached hydrogen (secondary N) is 1. The van der Waals surface area contributed by atoms with Gasteiger partial charge in [-0.25, -0.2) is 0 Å². The van der Waals surface area contributed by atoms with Crippen molar-refractivity contribution < 1.29 is 9.90 Å². The second kappa shape index (κ2) is 5.94. The molecule has 2 rings (SSSR count). The van der Waals surface area contributed by atoms with E-state index in [2.05, 4.69) is 25.2 Å². The number of aryl methyl sites for hydroxylation is 2. The van der Waals surface area contributed by atoms with Crippen LogP contribution in [0, 0.1) is 13.8 Å². The lowest BCUT2D eigenvalue weighted by Gasteiger charge is -2.28. The summed E-state index contributed by atoms with van der Waals surface area (Å²) in [7, 11) is 1.76. The Hall–Kier alpha value is -1.39. The third-order valence-corrected chi connectivity index (χ3v) is 4.11. The van der Waals surface area contributed by atoms with E-state index in [1.807, 2.05) is 12.1 Å². The number of hydrogen-bond donors (Lipinski definition) is 2. The molecule has 2 N–H and O–H groups in total. The van der Waals surface area contributed by atoms with Crippen LogP contribution in [0.25, 0.3) is 0 Å². The van der Waals surface area contributed by atoms with E-state index in [1.165, 1.54) is 11.1 Å². The van der Waals surface area contributed by atoms with Crippen molar-refractivity contribution >= 4 is 5.91 Å². The summed E-state index contributed by atoms with van der Waals surface area (Å²) in [6.07, 6.45) is 1.09. The van der Waals surface area contributed by atoms with E-state index in [0.29, 0.717) is 25.9 Å². The molecule has 1 atom stereocenters. The molecule has 1 heterocycles. The first-order valence-electron chi connectivity index (χ1n) is 7.13. The number of likely N-dealkylation sites (N-methyl/N-ethyl adjacent to an activating group) is 1. The Kier molecular flexibility index (Phi) is 4.45. The van der Waals surface area contributed by atoms with Crippen molar-refractivity contribution in [2.45, 2.75) is 32.3 Å². The molecule has 4 nitrogen and oxygen atoms in total. The molecule has 1 aromatic rings. The minimum absolute atomic E-state index is 0.0496. The van der Waals surface area contributed by atoms with E-state index >= 15 is 0 Å². The molecular weight excluding hydrogens is 252 g/mol. The Balaban J connectivity index is 1.95. The average molecular weight is 276 g/mol. The van der Waals surface area contributed by atoms with E-state index in [4.69, 9.17) is 0 Å². The average Bonchev–Trinajstić information content (AvgIpc) is 2.80. The van der Waals surface area contributed by atoms with Gasteiger partial charge in [-0.3, -0.25) is 4.79 Å². The molecule has 1 aliphatic heterocycles. The van der Waals surface area contributed by atoms with Gasteiger partial charge in [0, 0.05) is 13.6 Å². The van der Waals surface area contributed by atoms with E-state index in [1.54, 1.807) is 11.9 Å². The zero-order chi connectivity index (χ0) is 14.8. The summed E-state index contributed by atoms with van der Waals surface area (Å²) in [6, 6.07) is 6.11. The van der Waals surface area contributed by atoms with Crippen molar-refractivity contribution in [1.29, 1.82) is 0 Å². The van der Waals surface area contributed by atoms with Crippen LogP contribution in [-0.4, -0.2) is 48.2 Å². The van der Waals surface area contributed by atoms with Crippen LogP contribution in [0.2, 0.25) is 0 Å². The molecule has 1 unspecified atom stereocenters. The van der Waals surface area contributed by atoms with Crippen LogP contribution in [0.5, 0.6) is 0 Å². The first-order valence-corrected chi connectivity index (χ1v) is 7.13. The molecule has 1 aliphatic rings. The highest BCUT2D eigenvalue weighted by atomic mass is 16.3. The highest BCUT2D eigenvalue weighted by Gasteiger charge is 2.33. The van der Waals surface area contributed by atoms with Gasteiger partial charge in [0.25, 0.3) is 0 Å². The molecule has 0 aromatic heterocycles.